The molecule has 4 nitrogen and oxygen atoms in total. The van der Waals surface area contributed by atoms with Crippen molar-refractivity contribution in [2.45, 2.75) is 19.4 Å². The molecule has 1 N–H and O–H groups in total. The summed E-state index contributed by atoms with van der Waals surface area (Å²) in [4.78, 5) is 8.23. The first-order valence-corrected chi connectivity index (χ1v) is 4.09. The van der Waals surface area contributed by atoms with Crippen molar-refractivity contribution in [2.24, 2.45) is 0 Å². The van der Waals surface area contributed by atoms with Crippen LogP contribution in [0.2, 0.25) is 0 Å². The van der Waals surface area contributed by atoms with Gasteiger partial charge in [-0.1, -0.05) is 0 Å². The normalized spacial score (nSPS) is 12.2. The lowest BCUT2D eigenvalue weighted by atomic mass is 10.1. The molecule has 0 aliphatic heterocycles. The number of hydrogen-bond donors (Lipinski definition) is 1. The second kappa shape index (κ2) is 2.53. The van der Waals surface area contributed by atoms with Crippen LogP contribution in [0.3, 0.4) is 0 Å². The van der Waals surface area contributed by atoms with Gasteiger partial charge < -0.3 is 5.11 Å². The van der Waals surface area contributed by atoms with E-state index in [4.69, 9.17) is 0 Å². The summed E-state index contributed by atoms with van der Waals surface area (Å²) in [5.41, 5.74) is 0.520. The van der Waals surface area contributed by atoms with Crippen LogP contribution in [0.15, 0.2) is 24.8 Å². The first-order valence-electron chi connectivity index (χ1n) is 4.09. The van der Waals surface area contributed by atoms with Gasteiger partial charge >= 0.3 is 0 Å². The smallest absolute Gasteiger partial charge is 0.139 e. The van der Waals surface area contributed by atoms with E-state index in [9.17, 15) is 5.11 Å². The zero-order valence-electron chi connectivity index (χ0n) is 7.60. The number of hydrogen-bond acceptors (Lipinski definition) is 3. The third-order valence-electron chi connectivity index (χ3n) is 1.91. The Kier molecular flexibility index (Phi) is 1.60. The minimum atomic E-state index is -0.909. The van der Waals surface area contributed by atoms with Gasteiger partial charge in [-0.05, 0) is 13.8 Å². The SMILES string of the molecule is CC(C)(O)c1cc2nccn2cn1. The first-order chi connectivity index (χ1) is 6.07. The number of aliphatic hydroxyl groups is 1. The zero-order valence-corrected chi connectivity index (χ0v) is 7.60. The second-order valence-electron chi connectivity index (χ2n) is 3.53. The van der Waals surface area contributed by atoms with Crippen LogP contribution in [-0.2, 0) is 5.60 Å². The fourth-order valence-electron chi connectivity index (χ4n) is 1.15. The van der Waals surface area contributed by atoms with Crippen molar-refractivity contribution in [1.82, 2.24) is 14.4 Å². The largest absolute Gasteiger partial charge is 0.384 e. The number of fused-ring (bicyclic) bond motifs is 1. The fraction of sp³-hybridized carbons (Fsp3) is 0.333. The molecule has 2 aromatic rings. The predicted octanol–water partition coefficient (Wildman–Crippen LogP) is 0.957. The standard InChI is InChI=1S/C9H11N3O/c1-9(2,13)7-5-8-10-3-4-12(8)6-11-7/h3-6,13H,1-2H3. The molecule has 0 unspecified atom stereocenters. The maximum atomic E-state index is 9.69. The molecule has 4 heteroatoms. The van der Waals surface area contributed by atoms with Gasteiger partial charge in [0.25, 0.3) is 0 Å². The van der Waals surface area contributed by atoms with Crippen LogP contribution in [0.4, 0.5) is 0 Å². The molecule has 2 heterocycles. The van der Waals surface area contributed by atoms with E-state index in [0.717, 1.165) is 5.65 Å². The summed E-state index contributed by atoms with van der Waals surface area (Å²) in [5, 5.41) is 9.69. The van der Waals surface area contributed by atoms with Gasteiger partial charge in [-0.2, -0.15) is 0 Å². The lowest BCUT2D eigenvalue weighted by molar-refractivity contribution is 0.0738. The maximum absolute atomic E-state index is 9.69. The van der Waals surface area contributed by atoms with Gasteiger partial charge in [0.1, 0.15) is 17.6 Å². The third kappa shape index (κ3) is 1.40. The van der Waals surface area contributed by atoms with Crippen LogP contribution in [0.25, 0.3) is 5.65 Å². The van der Waals surface area contributed by atoms with E-state index in [1.54, 1.807) is 36.8 Å². The Balaban J connectivity index is 2.61. The molecule has 13 heavy (non-hydrogen) atoms. The Morgan fingerprint density at radius 1 is 1.38 bits per heavy atom. The molecule has 0 amide bonds. The Morgan fingerprint density at radius 2 is 2.15 bits per heavy atom. The lowest BCUT2D eigenvalue weighted by Gasteiger charge is -2.15. The van der Waals surface area contributed by atoms with E-state index in [-0.39, 0.29) is 0 Å². The van der Waals surface area contributed by atoms with Gasteiger partial charge in [0.05, 0.1) is 5.69 Å². The summed E-state index contributed by atoms with van der Waals surface area (Å²) in [5.74, 6) is 0. The molecule has 2 aromatic heterocycles. The van der Waals surface area contributed by atoms with Crippen molar-refractivity contribution >= 4 is 5.65 Å². The molecule has 68 valence electrons. The molecule has 0 aliphatic rings. The molecule has 0 fully saturated rings. The van der Waals surface area contributed by atoms with Crippen LogP contribution in [0.1, 0.15) is 19.5 Å². The van der Waals surface area contributed by atoms with Gasteiger partial charge in [0.15, 0.2) is 0 Å². The van der Waals surface area contributed by atoms with E-state index in [1.807, 2.05) is 6.20 Å². The third-order valence-corrected chi connectivity index (χ3v) is 1.91. The molecule has 0 atom stereocenters. The second-order valence-corrected chi connectivity index (χ2v) is 3.53. The van der Waals surface area contributed by atoms with E-state index in [0.29, 0.717) is 5.69 Å². The van der Waals surface area contributed by atoms with Crippen molar-refractivity contribution in [1.29, 1.82) is 0 Å². The Labute approximate surface area is 75.9 Å². The molecule has 0 saturated heterocycles. The van der Waals surface area contributed by atoms with E-state index in [2.05, 4.69) is 9.97 Å². The fourth-order valence-corrected chi connectivity index (χ4v) is 1.15. The molecule has 0 saturated carbocycles. The van der Waals surface area contributed by atoms with Gasteiger partial charge in [-0.3, -0.25) is 4.40 Å². The molecule has 2 rings (SSSR count). The summed E-state index contributed by atoms with van der Waals surface area (Å²) in [7, 11) is 0. The minimum Gasteiger partial charge on any atom is -0.384 e. The van der Waals surface area contributed by atoms with Crippen molar-refractivity contribution in [3.63, 3.8) is 0 Å². The van der Waals surface area contributed by atoms with E-state index >= 15 is 0 Å². The Morgan fingerprint density at radius 3 is 2.85 bits per heavy atom. The van der Waals surface area contributed by atoms with Gasteiger partial charge in [0, 0.05) is 18.5 Å². The average Bonchev–Trinajstić information content (AvgIpc) is 2.47. The Hall–Kier alpha value is -1.42. The zero-order chi connectivity index (χ0) is 9.47. The molecule has 0 aromatic carbocycles. The van der Waals surface area contributed by atoms with E-state index in [1.165, 1.54) is 0 Å². The summed E-state index contributed by atoms with van der Waals surface area (Å²) in [6.45, 7) is 3.41. The van der Waals surface area contributed by atoms with E-state index < -0.39 is 5.60 Å². The number of nitrogens with zero attached hydrogens (tertiary/aromatic N) is 3. The molecule has 0 spiro atoms. The van der Waals surface area contributed by atoms with Crippen LogP contribution in [0, 0.1) is 0 Å². The van der Waals surface area contributed by atoms with Gasteiger partial charge in [0.2, 0.25) is 0 Å². The molecule has 0 aliphatic carbocycles. The number of rotatable bonds is 1. The predicted molar refractivity (Wildman–Crippen MR) is 48.2 cm³/mol. The highest BCUT2D eigenvalue weighted by molar-refractivity contribution is 5.39. The lowest BCUT2D eigenvalue weighted by Crippen LogP contribution is -2.17. The summed E-state index contributed by atoms with van der Waals surface area (Å²) >= 11 is 0. The number of aromatic nitrogens is 3. The summed E-state index contributed by atoms with van der Waals surface area (Å²) in [6.07, 6.45) is 5.16. The molecular weight excluding hydrogens is 166 g/mol. The van der Waals surface area contributed by atoms with Crippen molar-refractivity contribution in [3.05, 3.63) is 30.5 Å². The van der Waals surface area contributed by atoms with Crippen molar-refractivity contribution in [2.75, 3.05) is 0 Å². The van der Waals surface area contributed by atoms with Crippen molar-refractivity contribution in [3.8, 4) is 0 Å². The quantitative estimate of drug-likeness (QED) is 0.705. The van der Waals surface area contributed by atoms with Crippen LogP contribution >= 0.6 is 0 Å². The van der Waals surface area contributed by atoms with Crippen molar-refractivity contribution < 1.29 is 5.11 Å². The van der Waals surface area contributed by atoms with Gasteiger partial charge in [-0.25, -0.2) is 9.97 Å². The maximum Gasteiger partial charge on any atom is 0.139 e. The Bertz CT molecular complexity index is 428. The van der Waals surface area contributed by atoms with Crippen LogP contribution < -0.4 is 0 Å². The monoisotopic (exact) mass is 177 g/mol. The molecule has 0 radical (unpaired) electrons. The molecular formula is C9H11N3O. The topological polar surface area (TPSA) is 50.4 Å². The summed E-state index contributed by atoms with van der Waals surface area (Å²) in [6, 6.07) is 1.78. The highest BCUT2D eigenvalue weighted by Gasteiger charge is 2.17. The highest BCUT2D eigenvalue weighted by Crippen LogP contribution is 2.17. The first kappa shape index (κ1) is 8.19. The summed E-state index contributed by atoms with van der Waals surface area (Å²) < 4.78 is 1.80. The molecule has 0 bridgehead atoms. The highest BCUT2D eigenvalue weighted by atomic mass is 16.3. The van der Waals surface area contributed by atoms with Crippen LogP contribution in [0.5, 0.6) is 0 Å². The number of imidazole rings is 1. The van der Waals surface area contributed by atoms with Gasteiger partial charge in [-0.15, -0.1) is 0 Å². The van der Waals surface area contributed by atoms with Crippen LogP contribution in [-0.4, -0.2) is 19.5 Å². The average molecular weight is 177 g/mol. The minimum absolute atomic E-state index is 0.631.